The molecule has 1 fully saturated rings. The van der Waals surface area contributed by atoms with Crippen molar-refractivity contribution in [2.45, 2.75) is 25.9 Å². The molecule has 94 valence electrons. The number of aliphatic hydroxyl groups excluding tert-OH is 1. The Hall–Kier alpha value is -0.970. The van der Waals surface area contributed by atoms with E-state index >= 15 is 0 Å². The van der Waals surface area contributed by atoms with Crippen molar-refractivity contribution in [1.82, 2.24) is 9.88 Å². The van der Waals surface area contributed by atoms with Gasteiger partial charge in [-0.1, -0.05) is 6.07 Å². The molecule has 1 aliphatic rings. The standard InChI is InChI=1S/C13H21N3O/c14-7-13-12(4-1-5-15-13)9-16-6-2-3-11(8-16)10-17/h1,4-5,11,17H,2-3,6-10,14H2. The summed E-state index contributed by atoms with van der Waals surface area (Å²) in [7, 11) is 0. The predicted octanol–water partition coefficient (Wildman–Crippen LogP) is 0.745. The average molecular weight is 235 g/mol. The summed E-state index contributed by atoms with van der Waals surface area (Å²) in [6, 6.07) is 4.06. The molecular formula is C13H21N3O. The van der Waals surface area contributed by atoms with Crippen molar-refractivity contribution in [2.24, 2.45) is 11.7 Å². The lowest BCUT2D eigenvalue weighted by Crippen LogP contribution is -2.36. The summed E-state index contributed by atoms with van der Waals surface area (Å²) in [6.07, 6.45) is 4.10. The molecular weight excluding hydrogens is 214 g/mol. The van der Waals surface area contributed by atoms with Gasteiger partial charge in [0.25, 0.3) is 0 Å². The Labute approximate surface area is 102 Å². The lowest BCUT2D eigenvalue weighted by Gasteiger charge is -2.32. The minimum Gasteiger partial charge on any atom is -0.396 e. The van der Waals surface area contributed by atoms with E-state index in [-0.39, 0.29) is 0 Å². The average Bonchev–Trinajstić information content (AvgIpc) is 2.39. The van der Waals surface area contributed by atoms with Crippen LogP contribution >= 0.6 is 0 Å². The number of hydrogen-bond acceptors (Lipinski definition) is 4. The Kier molecular flexibility index (Phi) is 4.48. The Morgan fingerprint density at radius 2 is 2.41 bits per heavy atom. The first-order valence-corrected chi connectivity index (χ1v) is 6.29. The van der Waals surface area contributed by atoms with Gasteiger partial charge in [-0.2, -0.15) is 0 Å². The van der Waals surface area contributed by atoms with E-state index in [2.05, 4.69) is 16.0 Å². The van der Waals surface area contributed by atoms with Crippen molar-refractivity contribution in [2.75, 3.05) is 19.7 Å². The Balaban J connectivity index is 2.00. The minimum atomic E-state index is 0.299. The summed E-state index contributed by atoms with van der Waals surface area (Å²) in [5.41, 5.74) is 7.89. The summed E-state index contributed by atoms with van der Waals surface area (Å²) >= 11 is 0. The number of nitrogens with two attached hydrogens (primary N) is 1. The van der Waals surface area contributed by atoms with Crippen LogP contribution < -0.4 is 5.73 Å². The monoisotopic (exact) mass is 235 g/mol. The van der Waals surface area contributed by atoms with Gasteiger partial charge in [0.1, 0.15) is 0 Å². The minimum absolute atomic E-state index is 0.299. The van der Waals surface area contributed by atoms with Gasteiger partial charge in [0.05, 0.1) is 5.69 Å². The van der Waals surface area contributed by atoms with Gasteiger partial charge in [-0.3, -0.25) is 9.88 Å². The maximum Gasteiger partial charge on any atom is 0.0584 e. The number of nitrogens with zero attached hydrogens (tertiary/aromatic N) is 2. The van der Waals surface area contributed by atoms with Crippen molar-refractivity contribution in [3.8, 4) is 0 Å². The molecule has 1 aliphatic heterocycles. The SMILES string of the molecule is NCc1ncccc1CN1CCCC(CO)C1. The number of aliphatic hydroxyl groups is 1. The molecule has 3 N–H and O–H groups in total. The van der Waals surface area contributed by atoms with Crippen molar-refractivity contribution in [3.05, 3.63) is 29.6 Å². The molecule has 0 aromatic carbocycles. The molecule has 1 saturated heterocycles. The van der Waals surface area contributed by atoms with E-state index in [1.807, 2.05) is 6.07 Å². The fraction of sp³-hybridized carbons (Fsp3) is 0.615. The Bertz CT molecular complexity index is 356. The number of pyridine rings is 1. The highest BCUT2D eigenvalue weighted by Gasteiger charge is 2.19. The van der Waals surface area contributed by atoms with Gasteiger partial charge < -0.3 is 10.8 Å². The molecule has 0 spiro atoms. The maximum atomic E-state index is 9.22. The first-order valence-electron chi connectivity index (χ1n) is 6.29. The van der Waals surface area contributed by atoms with Crippen LogP contribution in [-0.4, -0.2) is 34.7 Å². The molecule has 4 heteroatoms. The van der Waals surface area contributed by atoms with E-state index in [0.29, 0.717) is 19.1 Å². The highest BCUT2D eigenvalue weighted by molar-refractivity contribution is 5.19. The molecule has 0 saturated carbocycles. The first kappa shape index (κ1) is 12.5. The van der Waals surface area contributed by atoms with Crippen LogP contribution in [-0.2, 0) is 13.1 Å². The molecule has 1 unspecified atom stereocenters. The predicted molar refractivity (Wildman–Crippen MR) is 67.2 cm³/mol. The smallest absolute Gasteiger partial charge is 0.0584 e. The van der Waals surface area contributed by atoms with Crippen LogP contribution in [0.4, 0.5) is 0 Å². The fourth-order valence-corrected chi connectivity index (χ4v) is 2.48. The van der Waals surface area contributed by atoms with Crippen LogP contribution in [0.5, 0.6) is 0 Å². The van der Waals surface area contributed by atoms with E-state index in [9.17, 15) is 5.11 Å². The molecule has 17 heavy (non-hydrogen) atoms. The van der Waals surface area contributed by atoms with Crippen LogP contribution in [0.2, 0.25) is 0 Å². The zero-order chi connectivity index (χ0) is 12.1. The molecule has 0 radical (unpaired) electrons. The second kappa shape index (κ2) is 6.10. The lowest BCUT2D eigenvalue weighted by molar-refractivity contribution is 0.115. The number of hydrogen-bond donors (Lipinski definition) is 2. The molecule has 1 atom stereocenters. The van der Waals surface area contributed by atoms with E-state index in [1.54, 1.807) is 6.20 Å². The van der Waals surface area contributed by atoms with Crippen molar-refractivity contribution in [1.29, 1.82) is 0 Å². The van der Waals surface area contributed by atoms with Crippen LogP contribution in [0.3, 0.4) is 0 Å². The number of aromatic nitrogens is 1. The van der Waals surface area contributed by atoms with E-state index in [1.165, 1.54) is 12.0 Å². The van der Waals surface area contributed by atoms with Gasteiger partial charge in [0.15, 0.2) is 0 Å². The van der Waals surface area contributed by atoms with Crippen molar-refractivity contribution in [3.63, 3.8) is 0 Å². The lowest BCUT2D eigenvalue weighted by atomic mass is 9.98. The first-order chi connectivity index (χ1) is 8.33. The normalized spacial score (nSPS) is 21.6. The third-order valence-corrected chi connectivity index (χ3v) is 3.43. The molecule has 2 heterocycles. The third-order valence-electron chi connectivity index (χ3n) is 3.43. The van der Waals surface area contributed by atoms with E-state index in [0.717, 1.165) is 31.7 Å². The number of rotatable bonds is 4. The maximum absolute atomic E-state index is 9.22. The second-order valence-electron chi connectivity index (χ2n) is 4.74. The van der Waals surface area contributed by atoms with Crippen molar-refractivity contribution >= 4 is 0 Å². The summed E-state index contributed by atoms with van der Waals surface area (Å²) < 4.78 is 0. The fourth-order valence-electron chi connectivity index (χ4n) is 2.48. The summed E-state index contributed by atoms with van der Waals surface area (Å²) in [5.74, 6) is 0.432. The molecule has 1 aromatic heterocycles. The zero-order valence-corrected chi connectivity index (χ0v) is 10.2. The second-order valence-corrected chi connectivity index (χ2v) is 4.74. The summed E-state index contributed by atoms with van der Waals surface area (Å²) in [6.45, 7) is 3.78. The van der Waals surface area contributed by atoms with Gasteiger partial charge in [-0.15, -0.1) is 0 Å². The van der Waals surface area contributed by atoms with Gasteiger partial charge in [0, 0.05) is 32.4 Å². The summed E-state index contributed by atoms with van der Waals surface area (Å²) in [4.78, 5) is 6.69. The summed E-state index contributed by atoms with van der Waals surface area (Å²) in [5, 5.41) is 9.22. The van der Waals surface area contributed by atoms with E-state index in [4.69, 9.17) is 5.73 Å². The van der Waals surface area contributed by atoms with Crippen LogP contribution in [0.1, 0.15) is 24.1 Å². The molecule has 0 bridgehead atoms. The molecule has 0 aliphatic carbocycles. The van der Waals surface area contributed by atoms with Crippen LogP contribution in [0.15, 0.2) is 18.3 Å². The van der Waals surface area contributed by atoms with Crippen LogP contribution in [0, 0.1) is 5.92 Å². The van der Waals surface area contributed by atoms with Gasteiger partial charge in [0.2, 0.25) is 0 Å². The molecule has 1 aromatic rings. The van der Waals surface area contributed by atoms with Crippen LogP contribution in [0.25, 0.3) is 0 Å². The van der Waals surface area contributed by atoms with Gasteiger partial charge >= 0.3 is 0 Å². The van der Waals surface area contributed by atoms with E-state index < -0.39 is 0 Å². The van der Waals surface area contributed by atoms with Gasteiger partial charge in [-0.25, -0.2) is 0 Å². The molecule has 2 rings (SSSR count). The molecule has 4 nitrogen and oxygen atoms in total. The topological polar surface area (TPSA) is 62.4 Å². The highest BCUT2D eigenvalue weighted by Crippen LogP contribution is 2.18. The quantitative estimate of drug-likeness (QED) is 0.808. The number of piperidine rings is 1. The third kappa shape index (κ3) is 3.25. The Morgan fingerprint density at radius 1 is 1.53 bits per heavy atom. The zero-order valence-electron chi connectivity index (χ0n) is 10.2. The molecule has 0 amide bonds. The number of likely N-dealkylation sites (tertiary alicyclic amines) is 1. The van der Waals surface area contributed by atoms with Crippen molar-refractivity contribution < 1.29 is 5.11 Å². The Morgan fingerprint density at radius 3 is 3.18 bits per heavy atom. The highest BCUT2D eigenvalue weighted by atomic mass is 16.3. The largest absolute Gasteiger partial charge is 0.396 e. The van der Waals surface area contributed by atoms with Gasteiger partial charge in [-0.05, 0) is 36.9 Å².